The van der Waals surface area contributed by atoms with Crippen LogP contribution in [0.2, 0.25) is 0 Å². The Labute approximate surface area is 136 Å². The minimum Gasteiger partial charge on any atom is -0.469 e. The molecular weight excluding hydrogens is 300 g/mol. The van der Waals surface area contributed by atoms with Crippen molar-refractivity contribution in [3.63, 3.8) is 0 Å². The highest BCUT2D eigenvalue weighted by Gasteiger charge is 2.36. The van der Waals surface area contributed by atoms with Crippen LogP contribution in [-0.4, -0.2) is 40.9 Å². The summed E-state index contributed by atoms with van der Waals surface area (Å²) in [6, 6.07) is 5.61. The fraction of sp³-hybridized carbons (Fsp3) is 0.588. The highest BCUT2D eigenvalue weighted by Crippen LogP contribution is 2.44. The monoisotopic (exact) mass is 324 g/mol. The van der Waals surface area contributed by atoms with Crippen LogP contribution < -0.4 is 9.47 Å². The lowest BCUT2D eigenvalue weighted by Gasteiger charge is -2.21. The lowest BCUT2D eigenvalue weighted by Crippen LogP contribution is -2.19. The molecule has 128 valence electrons. The van der Waals surface area contributed by atoms with Crippen LogP contribution in [0.1, 0.15) is 30.7 Å². The molecule has 0 spiro atoms. The predicted octanol–water partition coefficient (Wildman–Crippen LogP) is 2.71. The summed E-state index contributed by atoms with van der Waals surface area (Å²) in [7, 11) is 4.57. The van der Waals surface area contributed by atoms with Gasteiger partial charge in [0.25, 0.3) is 0 Å². The zero-order chi connectivity index (χ0) is 16.7. The molecule has 23 heavy (non-hydrogen) atoms. The molecule has 0 heterocycles. The van der Waals surface area contributed by atoms with Gasteiger partial charge in [-0.3, -0.25) is 4.79 Å². The first-order valence-electron chi connectivity index (χ1n) is 7.66. The van der Waals surface area contributed by atoms with Gasteiger partial charge < -0.3 is 23.7 Å². The van der Waals surface area contributed by atoms with E-state index in [1.165, 1.54) is 7.11 Å². The van der Waals surface area contributed by atoms with Crippen LogP contribution in [0.25, 0.3) is 0 Å². The van der Waals surface area contributed by atoms with Crippen LogP contribution in [0.5, 0.6) is 11.5 Å². The molecule has 0 unspecified atom stereocenters. The maximum Gasteiger partial charge on any atom is 0.309 e. The first-order chi connectivity index (χ1) is 11.2. The van der Waals surface area contributed by atoms with E-state index in [0.29, 0.717) is 11.5 Å². The second-order valence-corrected chi connectivity index (χ2v) is 5.47. The molecule has 2 atom stereocenters. The standard InChI is InChI=1S/C17H24O6/c1-19-10-22-12-7-8-14(16(9-12)23-11-20-2)13-5-4-6-15(13)17(18)21-3/h7-9,13,15H,4-6,10-11H2,1-3H3/t13-,15-/m1/s1. The second-order valence-electron chi connectivity index (χ2n) is 5.47. The molecule has 0 aliphatic heterocycles. The van der Waals surface area contributed by atoms with Crippen LogP contribution in [-0.2, 0) is 19.0 Å². The van der Waals surface area contributed by atoms with Gasteiger partial charge in [-0.25, -0.2) is 0 Å². The summed E-state index contributed by atoms with van der Waals surface area (Å²) in [5, 5.41) is 0. The van der Waals surface area contributed by atoms with Crippen molar-refractivity contribution < 1.29 is 28.5 Å². The lowest BCUT2D eigenvalue weighted by atomic mass is 9.88. The number of rotatable bonds is 8. The maximum atomic E-state index is 12.0. The largest absolute Gasteiger partial charge is 0.469 e. The number of esters is 1. The Bertz CT molecular complexity index is 516. The molecule has 0 radical (unpaired) electrons. The number of carbonyl (C=O) groups excluding carboxylic acids is 1. The molecule has 1 aliphatic carbocycles. The van der Waals surface area contributed by atoms with Crippen molar-refractivity contribution in [1.29, 1.82) is 0 Å². The number of carbonyl (C=O) groups is 1. The topological polar surface area (TPSA) is 63.2 Å². The Morgan fingerprint density at radius 3 is 2.52 bits per heavy atom. The first kappa shape index (κ1) is 17.6. The molecule has 1 fully saturated rings. The smallest absolute Gasteiger partial charge is 0.309 e. The summed E-state index contributed by atoms with van der Waals surface area (Å²) in [5.74, 6) is 1.11. The van der Waals surface area contributed by atoms with Gasteiger partial charge in [-0.1, -0.05) is 12.5 Å². The molecule has 1 aliphatic rings. The summed E-state index contributed by atoms with van der Waals surface area (Å²) in [5.41, 5.74) is 0.986. The van der Waals surface area contributed by atoms with Crippen LogP contribution >= 0.6 is 0 Å². The molecule has 0 N–H and O–H groups in total. The van der Waals surface area contributed by atoms with Crippen molar-refractivity contribution in [3.8, 4) is 11.5 Å². The van der Waals surface area contributed by atoms with Gasteiger partial charge in [-0.2, -0.15) is 0 Å². The van der Waals surface area contributed by atoms with Gasteiger partial charge in [-0.05, 0) is 24.5 Å². The van der Waals surface area contributed by atoms with E-state index in [1.54, 1.807) is 20.3 Å². The maximum absolute atomic E-state index is 12.0. The molecule has 2 rings (SSSR count). The van der Waals surface area contributed by atoms with Gasteiger partial charge in [0.05, 0.1) is 13.0 Å². The third kappa shape index (κ3) is 4.36. The van der Waals surface area contributed by atoms with Gasteiger partial charge in [0.1, 0.15) is 11.5 Å². The van der Waals surface area contributed by atoms with Crippen molar-refractivity contribution in [1.82, 2.24) is 0 Å². The average Bonchev–Trinajstić information content (AvgIpc) is 3.06. The van der Waals surface area contributed by atoms with Gasteiger partial charge >= 0.3 is 5.97 Å². The quantitative estimate of drug-likeness (QED) is 0.541. The summed E-state index contributed by atoms with van der Waals surface area (Å²) < 4.78 is 26.0. The molecule has 0 amide bonds. The van der Waals surface area contributed by atoms with E-state index in [0.717, 1.165) is 24.8 Å². The SMILES string of the molecule is COCOc1ccc([C@H]2CCC[C@H]2C(=O)OC)c(OCOC)c1. The van der Waals surface area contributed by atoms with E-state index in [2.05, 4.69) is 0 Å². The molecule has 1 aromatic rings. The molecule has 0 bridgehead atoms. The molecule has 0 aromatic heterocycles. The third-order valence-corrected chi connectivity index (χ3v) is 4.08. The van der Waals surface area contributed by atoms with Crippen molar-refractivity contribution in [2.75, 3.05) is 34.9 Å². The number of benzene rings is 1. The zero-order valence-electron chi connectivity index (χ0n) is 13.9. The minimum absolute atomic E-state index is 0.0887. The number of hydrogen-bond donors (Lipinski definition) is 0. The first-order valence-corrected chi connectivity index (χ1v) is 7.66. The molecule has 6 heteroatoms. The Balaban J connectivity index is 2.26. The van der Waals surface area contributed by atoms with Crippen LogP contribution in [0, 0.1) is 5.92 Å². The minimum atomic E-state index is -0.162. The fourth-order valence-electron chi connectivity index (χ4n) is 3.05. The number of ether oxygens (including phenoxy) is 5. The predicted molar refractivity (Wildman–Crippen MR) is 83.5 cm³/mol. The fourth-order valence-corrected chi connectivity index (χ4v) is 3.05. The molecule has 6 nitrogen and oxygen atoms in total. The Morgan fingerprint density at radius 1 is 1.09 bits per heavy atom. The van der Waals surface area contributed by atoms with E-state index < -0.39 is 0 Å². The highest BCUT2D eigenvalue weighted by molar-refractivity contribution is 5.74. The van der Waals surface area contributed by atoms with Crippen molar-refractivity contribution >= 4 is 5.97 Å². The van der Waals surface area contributed by atoms with Gasteiger partial charge in [0.2, 0.25) is 0 Å². The van der Waals surface area contributed by atoms with Gasteiger partial charge in [0.15, 0.2) is 13.6 Å². The van der Waals surface area contributed by atoms with E-state index >= 15 is 0 Å². The zero-order valence-corrected chi connectivity index (χ0v) is 13.9. The van der Waals surface area contributed by atoms with Crippen molar-refractivity contribution in [2.24, 2.45) is 5.92 Å². The second kappa shape index (κ2) is 8.74. The van der Waals surface area contributed by atoms with Crippen LogP contribution in [0.4, 0.5) is 0 Å². The van der Waals surface area contributed by atoms with Gasteiger partial charge in [0, 0.05) is 26.2 Å². The van der Waals surface area contributed by atoms with E-state index in [1.807, 2.05) is 12.1 Å². The molecule has 1 aromatic carbocycles. The molecule has 1 saturated carbocycles. The van der Waals surface area contributed by atoms with Crippen molar-refractivity contribution in [2.45, 2.75) is 25.2 Å². The van der Waals surface area contributed by atoms with Crippen LogP contribution in [0.3, 0.4) is 0 Å². The summed E-state index contributed by atoms with van der Waals surface area (Å²) >= 11 is 0. The Hall–Kier alpha value is -1.79. The third-order valence-electron chi connectivity index (χ3n) is 4.08. The Kier molecular flexibility index (Phi) is 6.67. The molecule has 0 saturated heterocycles. The summed E-state index contributed by atoms with van der Waals surface area (Å²) in [6.07, 6.45) is 2.76. The molecular formula is C17H24O6. The normalized spacial score (nSPS) is 20.3. The van der Waals surface area contributed by atoms with E-state index in [9.17, 15) is 4.79 Å². The van der Waals surface area contributed by atoms with E-state index in [4.69, 9.17) is 23.7 Å². The summed E-state index contributed by atoms with van der Waals surface area (Å²) in [4.78, 5) is 12.0. The number of methoxy groups -OCH3 is 3. The summed E-state index contributed by atoms with van der Waals surface area (Å²) in [6.45, 7) is 0.299. The van der Waals surface area contributed by atoms with Gasteiger partial charge in [-0.15, -0.1) is 0 Å². The highest BCUT2D eigenvalue weighted by atomic mass is 16.7. The van der Waals surface area contributed by atoms with Crippen molar-refractivity contribution in [3.05, 3.63) is 23.8 Å². The van der Waals surface area contributed by atoms with E-state index in [-0.39, 0.29) is 31.4 Å². The average molecular weight is 324 g/mol. The lowest BCUT2D eigenvalue weighted by molar-refractivity contribution is -0.145. The Morgan fingerprint density at radius 2 is 1.83 bits per heavy atom. The number of hydrogen-bond acceptors (Lipinski definition) is 6. The van der Waals surface area contributed by atoms with Crippen LogP contribution in [0.15, 0.2) is 18.2 Å².